The minimum atomic E-state index is -0.601. The maximum absolute atomic E-state index is 13.2. The Morgan fingerprint density at radius 1 is 1.17 bits per heavy atom. The van der Waals surface area contributed by atoms with Gasteiger partial charge in [0.15, 0.2) is 5.82 Å². The largest absolute Gasteiger partial charge is 0.343 e. The normalized spacial score (nSPS) is 21.3. The predicted octanol–water partition coefficient (Wildman–Crippen LogP) is 3.35. The lowest BCUT2D eigenvalue weighted by Gasteiger charge is -2.38. The number of carbonyl (C=O) groups excluding carboxylic acids is 2. The quantitative estimate of drug-likeness (QED) is 0.829. The van der Waals surface area contributed by atoms with E-state index >= 15 is 0 Å². The molecule has 30 heavy (non-hydrogen) atoms. The number of rotatable bonds is 4. The van der Waals surface area contributed by atoms with Gasteiger partial charge in [0.2, 0.25) is 11.8 Å². The number of hydrogen-bond donors (Lipinski definition) is 1. The molecule has 0 radical (unpaired) electrons. The van der Waals surface area contributed by atoms with Gasteiger partial charge in [0.1, 0.15) is 11.4 Å². The van der Waals surface area contributed by atoms with Crippen LogP contribution in [0.1, 0.15) is 67.0 Å². The van der Waals surface area contributed by atoms with Gasteiger partial charge in [-0.1, -0.05) is 24.4 Å². The van der Waals surface area contributed by atoms with Crippen LogP contribution < -0.4 is 5.32 Å². The third kappa shape index (κ3) is 4.22. The molecule has 0 spiro atoms. The van der Waals surface area contributed by atoms with Crippen molar-refractivity contribution in [3.63, 3.8) is 0 Å². The Labute approximate surface area is 175 Å². The Balaban J connectivity index is 1.46. The molecule has 1 N–H and O–H groups in total. The lowest BCUT2D eigenvalue weighted by molar-refractivity contribution is -0.129. The third-order valence-electron chi connectivity index (χ3n) is 6.20. The van der Waals surface area contributed by atoms with Crippen LogP contribution in [0.15, 0.2) is 28.8 Å². The lowest BCUT2D eigenvalue weighted by atomic mass is 9.80. The molecular weight excluding hydrogens is 387 g/mol. The number of aryl methyl sites for hydroxylation is 1. The van der Waals surface area contributed by atoms with Crippen molar-refractivity contribution in [3.8, 4) is 0 Å². The summed E-state index contributed by atoms with van der Waals surface area (Å²) in [5, 5.41) is 7.33. The summed E-state index contributed by atoms with van der Waals surface area (Å²) in [7, 11) is 0. The molecule has 1 saturated heterocycles. The SMILES string of the molecule is Cc1nc(C2(NC(=O)[C@@H]3CCCN(C(=O)c4ccc(F)cc4)C3)CCCCC2)no1. The summed E-state index contributed by atoms with van der Waals surface area (Å²) in [6, 6.07) is 5.52. The highest BCUT2D eigenvalue weighted by molar-refractivity contribution is 5.94. The molecule has 2 fully saturated rings. The van der Waals surface area contributed by atoms with Gasteiger partial charge < -0.3 is 14.7 Å². The van der Waals surface area contributed by atoms with Gasteiger partial charge in [0, 0.05) is 25.6 Å². The van der Waals surface area contributed by atoms with Crippen LogP contribution in [0.2, 0.25) is 0 Å². The number of halogens is 1. The maximum Gasteiger partial charge on any atom is 0.253 e. The van der Waals surface area contributed by atoms with Crippen molar-refractivity contribution in [2.45, 2.75) is 57.4 Å². The van der Waals surface area contributed by atoms with Crippen LogP contribution in [0.4, 0.5) is 4.39 Å². The molecule has 1 aliphatic carbocycles. The van der Waals surface area contributed by atoms with Crippen molar-refractivity contribution >= 4 is 11.8 Å². The zero-order valence-electron chi connectivity index (χ0n) is 17.2. The number of benzene rings is 1. The summed E-state index contributed by atoms with van der Waals surface area (Å²) in [4.78, 5) is 32.1. The molecule has 2 aromatic rings. The summed E-state index contributed by atoms with van der Waals surface area (Å²) < 4.78 is 18.3. The average molecular weight is 414 g/mol. The molecule has 1 aromatic carbocycles. The van der Waals surface area contributed by atoms with E-state index in [9.17, 15) is 14.0 Å². The molecule has 2 aliphatic rings. The first-order valence-electron chi connectivity index (χ1n) is 10.6. The topological polar surface area (TPSA) is 88.3 Å². The summed E-state index contributed by atoms with van der Waals surface area (Å²) in [6.45, 7) is 2.69. The fourth-order valence-electron chi connectivity index (χ4n) is 4.54. The van der Waals surface area contributed by atoms with Crippen LogP contribution in [0.3, 0.4) is 0 Å². The smallest absolute Gasteiger partial charge is 0.253 e. The van der Waals surface area contributed by atoms with Crippen LogP contribution >= 0.6 is 0 Å². The molecular formula is C22H27FN4O3. The highest BCUT2D eigenvalue weighted by atomic mass is 19.1. The molecule has 7 nitrogen and oxygen atoms in total. The van der Waals surface area contributed by atoms with Gasteiger partial charge in [-0.25, -0.2) is 4.39 Å². The second kappa shape index (κ2) is 8.53. The molecule has 1 saturated carbocycles. The summed E-state index contributed by atoms with van der Waals surface area (Å²) >= 11 is 0. The van der Waals surface area contributed by atoms with Gasteiger partial charge in [0.25, 0.3) is 5.91 Å². The predicted molar refractivity (Wildman–Crippen MR) is 107 cm³/mol. The van der Waals surface area contributed by atoms with Gasteiger partial charge in [-0.05, 0) is 49.9 Å². The number of carbonyl (C=O) groups is 2. The van der Waals surface area contributed by atoms with Crippen molar-refractivity contribution in [1.82, 2.24) is 20.4 Å². The van der Waals surface area contributed by atoms with E-state index in [0.29, 0.717) is 30.4 Å². The van der Waals surface area contributed by atoms with Crippen molar-refractivity contribution in [1.29, 1.82) is 0 Å². The number of amides is 2. The molecule has 1 aliphatic heterocycles. The number of nitrogens with one attached hydrogen (secondary N) is 1. The average Bonchev–Trinajstić information content (AvgIpc) is 3.21. The lowest BCUT2D eigenvalue weighted by Crippen LogP contribution is -2.53. The highest BCUT2D eigenvalue weighted by Crippen LogP contribution is 2.36. The van der Waals surface area contributed by atoms with E-state index in [2.05, 4.69) is 15.5 Å². The van der Waals surface area contributed by atoms with E-state index in [1.165, 1.54) is 24.3 Å². The first-order chi connectivity index (χ1) is 14.5. The van der Waals surface area contributed by atoms with Crippen LogP contribution in [0.5, 0.6) is 0 Å². The molecule has 2 amide bonds. The van der Waals surface area contributed by atoms with Gasteiger partial charge in [-0.3, -0.25) is 9.59 Å². The number of likely N-dealkylation sites (tertiary alicyclic amines) is 1. The van der Waals surface area contributed by atoms with Gasteiger partial charge in [-0.2, -0.15) is 4.98 Å². The van der Waals surface area contributed by atoms with Crippen LogP contribution in [0, 0.1) is 18.7 Å². The Bertz CT molecular complexity index is 905. The van der Waals surface area contributed by atoms with Crippen molar-refractivity contribution < 1.29 is 18.5 Å². The van der Waals surface area contributed by atoms with Crippen LogP contribution in [-0.4, -0.2) is 39.9 Å². The first kappa shape index (κ1) is 20.5. The molecule has 160 valence electrons. The van der Waals surface area contributed by atoms with E-state index in [1.54, 1.807) is 11.8 Å². The Kier molecular flexibility index (Phi) is 5.83. The summed E-state index contributed by atoms with van der Waals surface area (Å²) in [6.07, 6.45) is 6.14. The van der Waals surface area contributed by atoms with E-state index in [1.807, 2.05) is 0 Å². The minimum Gasteiger partial charge on any atom is -0.343 e. The molecule has 4 rings (SSSR count). The Hall–Kier alpha value is -2.77. The van der Waals surface area contributed by atoms with Crippen molar-refractivity contribution in [2.24, 2.45) is 5.92 Å². The second-order valence-corrected chi connectivity index (χ2v) is 8.37. The van der Waals surface area contributed by atoms with Crippen molar-refractivity contribution in [2.75, 3.05) is 13.1 Å². The monoisotopic (exact) mass is 414 g/mol. The standard InChI is InChI=1S/C22H27FN4O3/c1-15-24-21(26-30-15)22(11-3-2-4-12-22)25-19(28)17-6-5-13-27(14-17)20(29)16-7-9-18(23)10-8-16/h7-10,17H,2-6,11-14H2,1H3,(H,25,28)/t17-/m1/s1. The van der Waals surface area contributed by atoms with Crippen molar-refractivity contribution in [3.05, 3.63) is 47.4 Å². The second-order valence-electron chi connectivity index (χ2n) is 8.37. The maximum atomic E-state index is 13.2. The van der Waals surface area contributed by atoms with Gasteiger partial charge in [0.05, 0.1) is 5.92 Å². The number of hydrogen-bond acceptors (Lipinski definition) is 5. The van der Waals surface area contributed by atoms with Crippen LogP contribution in [-0.2, 0) is 10.3 Å². The summed E-state index contributed by atoms with van der Waals surface area (Å²) in [5.41, 5.74) is -0.167. The number of piperidine rings is 1. The van der Waals surface area contributed by atoms with E-state index in [4.69, 9.17) is 4.52 Å². The van der Waals surface area contributed by atoms with Gasteiger partial charge >= 0.3 is 0 Å². The van der Waals surface area contributed by atoms with Crippen LogP contribution in [0.25, 0.3) is 0 Å². The Morgan fingerprint density at radius 3 is 2.57 bits per heavy atom. The highest BCUT2D eigenvalue weighted by Gasteiger charge is 2.41. The molecule has 0 unspecified atom stereocenters. The summed E-state index contributed by atoms with van der Waals surface area (Å²) in [5.74, 6) is 0.109. The van der Waals surface area contributed by atoms with E-state index < -0.39 is 5.54 Å². The Morgan fingerprint density at radius 2 is 1.90 bits per heavy atom. The molecule has 2 heterocycles. The molecule has 1 atom stereocenters. The third-order valence-corrected chi connectivity index (χ3v) is 6.20. The molecule has 8 heteroatoms. The van der Waals surface area contributed by atoms with E-state index in [-0.39, 0.29) is 23.5 Å². The number of aromatic nitrogens is 2. The minimum absolute atomic E-state index is 0.0732. The van der Waals surface area contributed by atoms with Gasteiger partial charge in [-0.15, -0.1) is 0 Å². The fourth-order valence-corrected chi connectivity index (χ4v) is 4.54. The molecule has 1 aromatic heterocycles. The number of nitrogens with zero attached hydrogens (tertiary/aromatic N) is 3. The first-order valence-corrected chi connectivity index (χ1v) is 10.6. The zero-order valence-corrected chi connectivity index (χ0v) is 17.2. The molecule has 0 bridgehead atoms. The zero-order chi connectivity index (χ0) is 21.1. The van der Waals surface area contributed by atoms with E-state index in [0.717, 1.165) is 44.9 Å². The fraction of sp³-hybridized carbons (Fsp3) is 0.545.